The number of para-hydroxylation sites is 1. The molecule has 0 radical (unpaired) electrons. The maximum absolute atomic E-state index is 5.86. The summed E-state index contributed by atoms with van der Waals surface area (Å²) in [5.74, 6) is 2.93. The number of benzene rings is 2. The summed E-state index contributed by atoms with van der Waals surface area (Å²) in [6.45, 7) is 6.42. The van der Waals surface area contributed by atoms with E-state index in [1.165, 1.54) is 16.8 Å². The van der Waals surface area contributed by atoms with Crippen LogP contribution in [0, 0.1) is 12.3 Å². The van der Waals surface area contributed by atoms with E-state index in [9.17, 15) is 0 Å². The largest absolute Gasteiger partial charge is 0.365 e. The van der Waals surface area contributed by atoms with Crippen LogP contribution in [0.1, 0.15) is 37.5 Å². The molecule has 0 spiro atoms. The summed E-state index contributed by atoms with van der Waals surface area (Å²) in [7, 11) is 0. The van der Waals surface area contributed by atoms with Crippen molar-refractivity contribution >= 4 is 5.69 Å². The van der Waals surface area contributed by atoms with Gasteiger partial charge < -0.3 is 5.32 Å². The molecule has 108 valence electrons. The highest BCUT2D eigenvalue weighted by atomic mass is 15.0. The van der Waals surface area contributed by atoms with E-state index in [4.69, 9.17) is 6.42 Å². The van der Waals surface area contributed by atoms with Gasteiger partial charge in [0.15, 0.2) is 0 Å². The number of rotatable bonds is 5. The van der Waals surface area contributed by atoms with Gasteiger partial charge in [0.05, 0.1) is 0 Å². The molecule has 1 N–H and O–H groups in total. The van der Waals surface area contributed by atoms with Gasteiger partial charge in [0.25, 0.3) is 0 Å². The summed E-state index contributed by atoms with van der Waals surface area (Å²) >= 11 is 0. The lowest BCUT2D eigenvalue weighted by Gasteiger charge is -2.29. The van der Waals surface area contributed by atoms with Crippen LogP contribution in [0.4, 0.5) is 5.69 Å². The molecule has 0 aromatic heterocycles. The van der Waals surface area contributed by atoms with Crippen LogP contribution in [0.15, 0.2) is 48.5 Å². The maximum Gasteiger partial charge on any atom is 0.121 e. The molecule has 1 atom stereocenters. The third-order valence-electron chi connectivity index (χ3n) is 4.01. The van der Waals surface area contributed by atoms with E-state index < -0.39 is 5.54 Å². The minimum absolute atomic E-state index is 0.504. The SMILES string of the molecule is C#CC(C)(Nc1c(CC)cccc1CC)c1ccccc1. The summed E-state index contributed by atoms with van der Waals surface area (Å²) in [5, 5.41) is 3.62. The molecule has 2 rings (SSSR count). The Morgan fingerprint density at radius 3 is 2.00 bits per heavy atom. The van der Waals surface area contributed by atoms with E-state index in [1.807, 2.05) is 18.2 Å². The van der Waals surface area contributed by atoms with Crippen molar-refractivity contribution in [3.05, 3.63) is 65.2 Å². The molecule has 1 heteroatoms. The van der Waals surface area contributed by atoms with Crippen LogP contribution < -0.4 is 5.32 Å². The van der Waals surface area contributed by atoms with Crippen LogP contribution in [-0.4, -0.2) is 0 Å². The van der Waals surface area contributed by atoms with Crippen LogP contribution in [-0.2, 0) is 18.4 Å². The molecule has 1 nitrogen and oxygen atoms in total. The van der Waals surface area contributed by atoms with Crippen LogP contribution in [0.5, 0.6) is 0 Å². The topological polar surface area (TPSA) is 12.0 Å². The second-order valence-electron chi connectivity index (χ2n) is 5.42. The Morgan fingerprint density at radius 2 is 1.52 bits per heavy atom. The van der Waals surface area contributed by atoms with Crippen LogP contribution in [0.3, 0.4) is 0 Å². The lowest BCUT2D eigenvalue weighted by molar-refractivity contribution is 0.715. The fourth-order valence-electron chi connectivity index (χ4n) is 2.62. The van der Waals surface area contributed by atoms with E-state index >= 15 is 0 Å². The first-order valence-corrected chi connectivity index (χ1v) is 7.56. The van der Waals surface area contributed by atoms with Crippen LogP contribution in [0.2, 0.25) is 0 Å². The van der Waals surface area contributed by atoms with Crippen molar-refractivity contribution in [1.82, 2.24) is 0 Å². The van der Waals surface area contributed by atoms with Gasteiger partial charge in [-0.25, -0.2) is 0 Å². The summed E-state index contributed by atoms with van der Waals surface area (Å²) in [4.78, 5) is 0. The van der Waals surface area contributed by atoms with Gasteiger partial charge >= 0.3 is 0 Å². The number of terminal acetylenes is 1. The molecule has 0 amide bonds. The Labute approximate surface area is 128 Å². The van der Waals surface area contributed by atoms with Gasteiger partial charge in [0.1, 0.15) is 5.54 Å². The van der Waals surface area contributed by atoms with E-state index in [0.29, 0.717) is 0 Å². The standard InChI is InChI=1S/C20H23N/c1-5-16-12-11-13-17(6-2)19(16)21-20(4,7-3)18-14-9-8-10-15-18/h3,8-15,21H,5-6H2,1-2,4H3. The van der Waals surface area contributed by atoms with Crippen molar-refractivity contribution < 1.29 is 0 Å². The third kappa shape index (κ3) is 3.11. The van der Waals surface area contributed by atoms with E-state index in [-0.39, 0.29) is 0 Å². The van der Waals surface area contributed by atoms with Gasteiger partial charge in [-0.15, -0.1) is 6.42 Å². The van der Waals surface area contributed by atoms with Gasteiger partial charge in [-0.1, -0.05) is 68.3 Å². The first-order chi connectivity index (χ1) is 10.1. The molecule has 0 heterocycles. The van der Waals surface area contributed by atoms with E-state index in [0.717, 1.165) is 18.4 Å². The van der Waals surface area contributed by atoms with E-state index in [1.54, 1.807) is 0 Å². The predicted octanol–water partition coefficient (Wildman–Crippen LogP) is 4.77. The summed E-state index contributed by atoms with van der Waals surface area (Å²) in [5.41, 5.74) is 4.42. The van der Waals surface area contributed by atoms with Gasteiger partial charge in [-0.3, -0.25) is 0 Å². The maximum atomic E-state index is 5.86. The molecular weight excluding hydrogens is 254 g/mol. The van der Waals surface area contributed by atoms with Crippen molar-refractivity contribution in [1.29, 1.82) is 0 Å². The van der Waals surface area contributed by atoms with Gasteiger partial charge in [0.2, 0.25) is 0 Å². The second kappa shape index (κ2) is 6.50. The Bertz CT molecular complexity index is 614. The first-order valence-electron chi connectivity index (χ1n) is 7.56. The predicted molar refractivity (Wildman–Crippen MR) is 91.4 cm³/mol. The van der Waals surface area contributed by atoms with Gasteiger partial charge in [0, 0.05) is 5.69 Å². The summed E-state index contributed by atoms with van der Waals surface area (Å²) in [6, 6.07) is 16.7. The molecule has 2 aromatic carbocycles. The van der Waals surface area contributed by atoms with Gasteiger partial charge in [-0.05, 0) is 36.5 Å². The normalized spacial score (nSPS) is 13.2. The number of anilines is 1. The molecule has 0 bridgehead atoms. The molecule has 2 aromatic rings. The molecule has 1 unspecified atom stereocenters. The fourth-order valence-corrected chi connectivity index (χ4v) is 2.62. The third-order valence-corrected chi connectivity index (χ3v) is 4.01. The van der Waals surface area contributed by atoms with Crippen molar-refractivity contribution in [2.24, 2.45) is 0 Å². The summed E-state index contributed by atoms with van der Waals surface area (Å²) in [6.07, 6.45) is 7.84. The molecule has 0 saturated heterocycles. The number of hydrogen-bond donors (Lipinski definition) is 1. The lowest BCUT2D eigenvalue weighted by Crippen LogP contribution is -2.31. The fraction of sp³-hybridized carbons (Fsp3) is 0.300. The lowest BCUT2D eigenvalue weighted by atomic mass is 9.91. The van der Waals surface area contributed by atoms with Crippen LogP contribution in [0.25, 0.3) is 0 Å². The zero-order valence-electron chi connectivity index (χ0n) is 13.1. The quantitative estimate of drug-likeness (QED) is 0.776. The van der Waals surface area contributed by atoms with Gasteiger partial charge in [-0.2, -0.15) is 0 Å². The van der Waals surface area contributed by atoms with Crippen molar-refractivity contribution in [3.8, 4) is 12.3 Å². The van der Waals surface area contributed by atoms with E-state index in [2.05, 4.69) is 62.3 Å². The molecule has 0 aliphatic carbocycles. The Kier molecular flexibility index (Phi) is 4.70. The Hall–Kier alpha value is -2.20. The smallest absolute Gasteiger partial charge is 0.121 e. The molecule has 21 heavy (non-hydrogen) atoms. The zero-order chi connectivity index (χ0) is 15.3. The highest BCUT2D eigenvalue weighted by Gasteiger charge is 2.25. The number of hydrogen-bond acceptors (Lipinski definition) is 1. The highest BCUT2D eigenvalue weighted by molar-refractivity contribution is 5.61. The minimum Gasteiger partial charge on any atom is -0.365 e. The number of nitrogens with one attached hydrogen (secondary N) is 1. The van der Waals surface area contributed by atoms with Crippen molar-refractivity contribution in [3.63, 3.8) is 0 Å². The number of aryl methyl sites for hydroxylation is 2. The first kappa shape index (κ1) is 15.2. The Balaban J connectivity index is 2.47. The molecule has 0 fully saturated rings. The highest BCUT2D eigenvalue weighted by Crippen LogP contribution is 2.30. The van der Waals surface area contributed by atoms with Crippen LogP contribution >= 0.6 is 0 Å². The minimum atomic E-state index is -0.504. The van der Waals surface area contributed by atoms with Crippen molar-refractivity contribution in [2.45, 2.75) is 39.2 Å². The average molecular weight is 277 g/mol. The molecule has 0 aliphatic heterocycles. The monoisotopic (exact) mass is 277 g/mol. The average Bonchev–Trinajstić information content (AvgIpc) is 2.55. The zero-order valence-corrected chi connectivity index (χ0v) is 13.1. The molecule has 0 aliphatic rings. The molecular formula is C20H23N. The second-order valence-corrected chi connectivity index (χ2v) is 5.42. The Morgan fingerprint density at radius 1 is 0.952 bits per heavy atom. The molecule has 0 saturated carbocycles. The van der Waals surface area contributed by atoms with Crippen molar-refractivity contribution in [2.75, 3.05) is 5.32 Å². The summed E-state index contributed by atoms with van der Waals surface area (Å²) < 4.78 is 0.